The van der Waals surface area contributed by atoms with Crippen LogP contribution in [0.3, 0.4) is 0 Å². The molecule has 0 aliphatic rings. The van der Waals surface area contributed by atoms with Crippen LogP contribution in [0.4, 0.5) is 4.39 Å². The summed E-state index contributed by atoms with van der Waals surface area (Å²) < 4.78 is 45.6. The van der Waals surface area contributed by atoms with E-state index in [0.29, 0.717) is 10.0 Å². The normalized spacial score (nSPS) is 11.8. The number of pyridine rings is 1. The molecule has 120 valence electrons. The molecular weight excluding hydrogens is 387 g/mol. The molecule has 8 heteroatoms. The quantitative estimate of drug-likeness (QED) is 0.676. The van der Waals surface area contributed by atoms with E-state index in [4.69, 9.17) is 4.74 Å². The minimum atomic E-state index is -3.71. The number of benzene rings is 1. The molecule has 0 saturated carbocycles. The van der Waals surface area contributed by atoms with Gasteiger partial charge in [0.25, 0.3) is 0 Å². The number of nitrogens with zero attached hydrogens (tertiary/aromatic N) is 2. The Labute approximate surface area is 140 Å². The van der Waals surface area contributed by atoms with Crippen LogP contribution in [0.2, 0.25) is 0 Å². The minimum absolute atomic E-state index is 0.0458. The van der Waals surface area contributed by atoms with Crippen LogP contribution in [-0.2, 0) is 15.8 Å². The Balaban J connectivity index is 2.17. The molecule has 0 radical (unpaired) electrons. The van der Waals surface area contributed by atoms with Crippen molar-refractivity contribution in [1.82, 2.24) is 8.96 Å². The summed E-state index contributed by atoms with van der Waals surface area (Å²) in [7, 11) is -2.39. The molecule has 3 aromatic rings. The fraction of sp³-hybridized carbons (Fsp3) is 0.133. The SMILES string of the molecule is COc1c(F)cnc2c1c(Br)cn2S(=O)(=O)Cc1ccccc1. The maximum Gasteiger partial charge on any atom is 0.244 e. The maximum absolute atomic E-state index is 13.8. The number of aromatic nitrogens is 2. The standard InChI is InChI=1S/C15H12BrFN2O3S/c1-22-14-12(17)7-18-15-13(14)11(16)8-19(15)23(20,21)9-10-5-3-2-4-6-10/h2-8H,9H2,1H3. The third-order valence-corrected chi connectivity index (χ3v) is 5.52. The first-order valence-electron chi connectivity index (χ1n) is 6.60. The van der Waals surface area contributed by atoms with Gasteiger partial charge in [0.2, 0.25) is 10.0 Å². The van der Waals surface area contributed by atoms with E-state index >= 15 is 0 Å². The van der Waals surface area contributed by atoms with E-state index in [1.807, 2.05) is 6.07 Å². The lowest BCUT2D eigenvalue weighted by Gasteiger charge is -2.08. The average Bonchev–Trinajstić information content (AvgIpc) is 2.86. The van der Waals surface area contributed by atoms with E-state index in [0.717, 1.165) is 10.2 Å². The van der Waals surface area contributed by atoms with Gasteiger partial charge in [0, 0.05) is 10.7 Å². The van der Waals surface area contributed by atoms with E-state index in [1.54, 1.807) is 24.3 Å². The van der Waals surface area contributed by atoms with Gasteiger partial charge in [0.15, 0.2) is 17.2 Å². The lowest BCUT2D eigenvalue weighted by Crippen LogP contribution is -2.14. The molecule has 0 atom stereocenters. The number of ether oxygens (including phenoxy) is 1. The summed E-state index contributed by atoms with van der Waals surface area (Å²) in [6.45, 7) is 0. The van der Waals surface area contributed by atoms with Gasteiger partial charge < -0.3 is 4.74 Å². The molecule has 0 aliphatic carbocycles. The smallest absolute Gasteiger partial charge is 0.244 e. The largest absolute Gasteiger partial charge is 0.493 e. The predicted octanol–water partition coefficient (Wildman–Crippen LogP) is 3.32. The Morgan fingerprint density at radius 3 is 2.65 bits per heavy atom. The zero-order valence-electron chi connectivity index (χ0n) is 12.0. The number of rotatable bonds is 4. The predicted molar refractivity (Wildman–Crippen MR) is 88.4 cm³/mol. The third kappa shape index (κ3) is 2.84. The molecule has 0 saturated heterocycles. The Bertz CT molecular complexity index is 971. The third-order valence-electron chi connectivity index (χ3n) is 3.34. The van der Waals surface area contributed by atoms with Crippen molar-refractivity contribution in [2.75, 3.05) is 7.11 Å². The first kappa shape index (κ1) is 15.9. The van der Waals surface area contributed by atoms with Gasteiger partial charge in [-0.1, -0.05) is 30.3 Å². The maximum atomic E-state index is 13.8. The van der Waals surface area contributed by atoms with Crippen molar-refractivity contribution in [1.29, 1.82) is 0 Å². The van der Waals surface area contributed by atoms with Crippen LogP contribution < -0.4 is 4.74 Å². The van der Waals surface area contributed by atoms with Gasteiger partial charge in [0.1, 0.15) is 0 Å². The van der Waals surface area contributed by atoms with E-state index < -0.39 is 15.8 Å². The molecule has 0 aliphatic heterocycles. The number of methoxy groups -OCH3 is 1. The van der Waals surface area contributed by atoms with Crippen LogP contribution in [0.15, 0.2) is 47.2 Å². The molecule has 2 aromatic heterocycles. The Morgan fingerprint density at radius 1 is 1.30 bits per heavy atom. The molecule has 5 nitrogen and oxygen atoms in total. The van der Waals surface area contributed by atoms with Gasteiger partial charge in [-0.2, -0.15) is 0 Å². The topological polar surface area (TPSA) is 61.2 Å². The van der Waals surface area contributed by atoms with Crippen LogP contribution in [0.1, 0.15) is 5.56 Å². The number of hydrogen-bond acceptors (Lipinski definition) is 4. The molecule has 0 spiro atoms. The van der Waals surface area contributed by atoms with Crippen LogP contribution in [-0.4, -0.2) is 24.5 Å². The van der Waals surface area contributed by atoms with Crippen LogP contribution in [0.25, 0.3) is 11.0 Å². The summed E-state index contributed by atoms with van der Waals surface area (Å²) in [6.07, 6.45) is 2.31. The van der Waals surface area contributed by atoms with Gasteiger partial charge in [-0.15, -0.1) is 0 Å². The number of hydrogen-bond donors (Lipinski definition) is 0. The van der Waals surface area contributed by atoms with Crippen molar-refractivity contribution in [3.05, 3.63) is 58.6 Å². The highest BCUT2D eigenvalue weighted by atomic mass is 79.9. The Morgan fingerprint density at radius 2 is 2.00 bits per heavy atom. The van der Waals surface area contributed by atoms with Gasteiger partial charge in [-0.3, -0.25) is 0 Å². The summed E-state index contributed by atoms with van der Waals surface area (Å²) in [5.41, 5.74) is 0.769. The van der Waals surface area contributed by atoms with Crippen molar-refractivity contribution >= 4 is 37.0 Å². The molecule has 0 bridgehead atoms. The Hall–Kier alpha value is -1.93. The molecule has 0 unspecified atom stereocenters. The highest BCUT2D eigenvalue weighted by molar-refractivity contribution is 9.10. The molecule has 0 N–H and O–H groups in total. The first-order chi connectivity index (χ1) is 10.9. The summed E-state index contributed by atoms with van der Waals surface area (Å²) in [5, 5.41) is 0.282. The molecule has 0 amide bonds. The monoisotopic (exact) mass is 398 g/mol. The zero-order chi connectivity index (χ0) is 16.6. The summed E-state index contributed by atoms with van der Waals surface area (Å²) in [4.78, 5) is 3.92. The van der Waals surface area contributed by atoms with Crippen molar-refractivity contribution < 1.29 is 17.5 Å². The second-order valence-electron chi connectivity index (χ2n) is 4.85. The summed E-state index contributed by atoms with van der Waals surface area (Å²) >= 11 is 3.25. The molecule has 23 heavy (non-hydrogen) atoms. The number of halogens is 2. The number of fused-ring (bicyclic) bond motifs is 1. The lowest BCUT2D eigenvalue weighted by molar-refractivity contribution is 0.390. The van der Waals surface area contributed by atoms with E-state index in [-0.39, 0.29) is 22.5 Å². The molecule has 1 aromatic carbocycles. The zero-order valence-corrected chi connectivity index (χ0v) is 14.4. The van der Waals surface area contributed by atoms with Gasteiger partial charge in [0.05, 0.1) is 24.4 Å². The van der Waals surface area contributed by atoms with E-state index in [1.165, 1.54) is 13.3 Å². The fourth-order valence-electron chi connectivity index (χ4n) is 2.34. The summed E-state index contributed by atoms with van der Waals surface area (Å²) in [5.74, 6) is -0.889. The van der Waals surface area contributed by atoms with Crippen molar-refractivity contribution in [2.24, 2.45) is 0 Å². The van der Waals surface area contributed by atoms with Crippen molar-refractivity contribution in [3.63, 3.8) is 0 Å². The lowest BCUT2D eigenvalue weighted by atomic mass is 10.2. The molecular formula is C15H12BrFN2O3S. The van der Waals surface area contributed by atoms with Crippen molar-refractivity contribution in [3.8, 4) is 5.75 Å². The van der Waals surface area contributed by atoms with Gasteiger partial charge in [-0.05, 0) is 21.5 Å². The van der Waals surface area contributed by atoms with Crippen LogP contribution in [0.5, 0.6) is 5.75 Å². The molecule has 0 fully saturated rings. The Kier molecular flexibility index (Phi) is 4.11. The van der Waals surface area contributed by atoms with E-state index in [2.05, 4.69) is 20.9 Å². The first-order valence-corrected chi connectivity index (χ1v) is 9.00. The highest BCUT2D eigenvalue weighted by Crippen LogP contribution is 2.35. The molecule has 2 heterocycles. The van der Waals surface area contributed by atoms with Crippen LogP contribution >= 0.6 is 15.9 Å². The minimum Gasteiger partial charge on any atom is -0.493 e. The van der Waals surface area contributed by atoms with Crippen LogP contribution in [0, 0.1) is 5.82 Å². The fourth-order valence-corrected chi connectivity index (χ4v) is 4.46. The van der Waals surface area contributed by atoms with E-state index in [9.17, 15) is 12.8 Å². The van der Waals surface area contributed by atoms with Gasteiger partial charge in [-0.25, -0.2) is 21.8 Å². The van der Waals surface area contributed by atoms with Gasteiger partial charge >= 0.3 is 0 Å². The highest BCUT2D eigenvalue weighted by Gasteiger charge is 2.23. The second-order valence-corrected chi connectivity index (χ2v) is 7.55. The summed E-state index contributed by atoms with van der Waals surface area (Å²) in [6, 6.07) is 8.81. The molecule has 3 rings (SSSR count). The van der Waals surface area contributed by atoms with Crippen molar-refractivity contribution in [2.45, 2.75) is 5.75 Å². The second kappa shape index (κ2) is 5.93. The average molecular weight is 399 g/mol.